The number of rotatable bonds is 9. The largest absolute Gasteiger partial charge is 0.726 e. The molecule has 0 amide bonds. The van der Waals surface area contributed by atoms with Gasteiger partial charge in [-0.2, -0.15) is 5.26 Å². The van der Waals surface area contributed by atoms with Gasteiger partial charge >= 0.3 is 5.13 Å². The molecule has 1 aromatic carbocycles. The van der Waals surface area contributed by atoms with Crippen LogP contribution in [0.25, 0.3) is 0 Å². The molecule has 1 saturated heterocycles. The van der Waals surface area contributed by atoms with Crippen molar-refractivity contribution in [1.82, 2.24) is 5.10 Å². The van der Waals surface area contributed by atoms with Gasteiger partial charge in [-0.15, -0.1) is 4.68 Å². The zero-order valence-corrected chi connectivity index (χ0v) is 21.8. The number of nitriles is 1. The minimum absolute atomic E-state index is 0.379. The number of sulfonamides is 1. The Hall–Kier alpha value is -2.91. The first-order valence-electron chi connectivity index (χ1n) is 10.2. The minimum atomic E-state index is -4.41. The van der Waals surface area contributed by atoms with Crippen molar-refractivity contribution in [2.45, 2.75) is 19.3 Å². The summed E-state index contributed by atoms with van der Waals surface area (Å²) in [4.78, 5) is 2.22. The van der Waals surface area contributed by atoms with E-state index in [-0.39, 0.29) is 0 Å². The molecule has 1 aliphatic rings. The third kappa shape index (κ3) is 10.1. The molecule has 2 heterocycles. The van der Waals surface area contributed by atoms with Crippen molar-refractivity contribution in [3.63, 3.8) is 0 Å². The van der Waals surface area contributed by atoms with Crippen LogP contribution in [0.5, 0.6) is 0 Å². The normalized spacial score (nSPS) is 13.9. The molecule has 0 unspecified atom stereocenters. The summed E-state index contributed by atoms with van der Waals surface area (Å²) in [5.74, 6) is 0. The van der Waals surface area contributed by atoms with Gasteiger partial charge in [-0.05, 0) is 47.5 Å². The maximum Gasteiger partial charge on any atom is 0.431 e. The van der Waals surface area contributed by atoms with E-state index in [1.54, 1.807) is 23.9 Å². The lowest BCUT2D eigenvalue weighted by atomic mass is 10.2. The van der Waals surface area contributed by atoms with Crippen molar-refractivity contribution in [2.24, 2.45) is 17.3 Å². The second-order valence-electron chi connectivity index (χ2n) is 7.19. The summed E-state index contributed by atoms with van der Waals surface area (Å²) in [5, 5.41) is 25.6. The minimum Gasteiger partial charge on any atom is -0.726 e. The Morgan fingerprint density at radius 2 is 1.94 bits per heavy atom. The molecule has 0 radical (unpaired) electrons. The van der Waals surface area contributed by atoms with Gasteiger partial charge in [-0.1, -0.05) is 5.10 Å². The highest BCUT2D eigenvalue weighted by Crippen LogP contribution is 2.33. The zero-order valence-electron chi connectivity index (χ0n) is 19.3. The van der Waals surface area contributed by atoms with Gasteiger partial charge in [0.2, 0.25) is 25.6 Å². The number of azo groups is 1. The van der Waals surface area contributed by atoms with E-state index in [0.717, 1.165) is 45.0 Å². The average Bonchev–Trinajstić information content (AvgIpc) is 3.42. The lowest BCUT2D eigenvalue weighted by molar-refractivity contribution is -0.712. The van der Waals surface area contributed by atoms with E-state index in [1.807, 2.05) is 6.07 Å². The quantitative estimate of drug-likeness (QED) is 0.154. The molecule has 0 aliphatic carbocycles. The van der Waals surface area contributed by atoms with Crippen LogP contribution < -0.4 is 19.6 Å². The topological polar surface area (TPSA) is 193 Å². The molecule has 1 aliphatic heterocycles. The van der Waals surface area contributed by atoms with Crippen LogP contribution in [0.1, 0.15) is 19.3 Å². The predicted octanol–water partition coefficient (Wildman–Crippen LogP) is 1.77. The molecule has 0 saturated carbocycles. The van der Waals surface area contributed by atoms with Crippen molar-refractivity contribution >= 4 is 59.1 Å². The molecular formula is C18H26N8O6S3. The van der Waals surface area contributed by atoms with Crippen LogP contribution in [0.3, 0.4) is 0 Å². The van der Waals surface area contributed by atoms with E-state index < -0.39 is 20.4 Å². The SMILES string of the molecule is COS(=O)(=O)[O-].C[n+]1nc(NCCC#N)sc1N=Nc1ccc(N2CCCC2)cc1NS(C)(=O)=O. The van der Waals surface area contributed by atoms with Crippen molar-refractivity contribution in [2.75, 3.05) is 47.9 Å². The third-order valence-corrected chi connectivity index (χ3v) is 6.36. The summed E-state index contributed by atoms with van der Waals surface area (Å²) >= 11 is 1.30. The van der Waals surface area contributed by atoms with Crippen molar-refractivity contribution in [3.8, 4) is 6.07 Å². The third-order valence-electron chi connectivity index (χ3n) is 4.41. The van der Waals surface area contributed by atoms with Gasteiger partial charge in [0, 0.05) is 25.3 Å². The molecule has 17 heteroatoms. The van der Waals surface area contributed by atoms with Crippen LogP contribution >= 0.6 is 11.3 Å². The number of hydrogen-bond donors (Lipinski definition) is 2. The van der Waals surface area contributed by atoms with Crippen LogP contribution in [0, 0.1) is 11.3 Å². The molecule has 35 heavy (non-hydrogen) atoms. The van der Waals surface area contributed by atoms with E-state index in [4.69, 9.17) is 5.26 Å². The smallest absolute Gasteiger partial charge is 0.431 e. The molecule has 0 bridgehead atoms. The van der Waals surface area contributed by atoms with Gasteiger partial charge in [-0.25, -0.2) is 16.8 Å². The predicted molar refractivity (Wildman–Crippen MR) is 129 cm³/mol. The van der Waals surface area contributed by atoms with Crippen LogP contribution in [-0.2, 0) is 31.7 Å². The highest BCUT2D eigenvalue weighted by Gasteiger charge is 2.18. The number of nitrogens with one attached hydrogen (secondary N) is 2. The first kappa shape index (κ1) is 28.3. The fraction of sp³-hybridized carbons (Fsp3) is 0.500. The molecule has 192 valence electrons. The Morgan fingerprint density at radius 1 is 1.29 bits per heavy atom. The van der Waals surface area contributed by atoms with Gasteiger partial charge in [0.25, 0.3) is 0 Å². The highest BCUT2D eigenvalue weighted by molar-refractivity contribution is 7.92. The Balaban J connectivity index is 0.000000641. The fourth-order valence-electron chi connectivity index (χ4n) is 2.90. The Bertz CT molecular complexity index is 1280. The zero-order chi connectivity index (χ0) is 26.1. The van der Waals surface area contributed by atoms with Crippen molar-refractivity contribution in [1.29, 1.82) is 5.26 Å². The molecule has 0 atom stereocenters. The highest BCUT2D eigenvalue weighted by atomic mass is 32.3. The molecular weight excluding hydrogens is 520 g/mol. The fourth-order valence-corrected chi connectivity index (χ4v) is 4.22. The van der Waals surface area contributed by atoms with Gasteiger partial charge in [0.05, 0.1) is 36.7 Å². The van der Waals surface area contributed by atoms with Gasteiger partial charge in [-0.3, -0.25) is 8.91 Å². The summed E-state index contributed by atoms with van der Waals surface area (Å²) < 4.78 is 58.7. The number of aryl methyl sites for hydroxylation is 1. The maximum absolute atomic E-state index is 11.8. The van der Waals surface area contributed by atoms with Gasteiger partial charge in [0.1, 0.15) is 12.7 Å². The first-order valence-corrected chi connectivity index (χ1v) is 14.2. The molecule has 2 aromatic rings. The lowest BCUT2D eigenvalue weighted by Gasteiger charge is -2.19. The molecule has 1 aromatic heterocycles. The number of aromatic nitrogens is 2. The summed E-state index contributed by atoms with van der Waals surface area (Å²) in [6, 6.07) is 7.54. The molecule has 3 rings (SSSR count). The second-order valence-corrected chi connectivity index (χ2v) is 11.0. The molecule has 14 nitrogen and oxygen atoms in total. The van der Waals surface area contributed by atoms with Crippen molar-refractivity contribution < 1.29 is 30.3 Å². The lowest BCUT2D eigenvalue weighted by Crippen LogP contribution is -2.29. The van der Waals surface area contributed by atoms with Crippen LogP contribution in [0.4, 0.5) is 27.3 Å². The van der Waals surface area contributed by atoms with Crippen molar-refractivity contribution in [3.05, 3.63) is 18.2 Å². The van der Waals surface area contributed by atoms with E-state index in [9.17, 15) is 21.4 Å². The number of anilines is 3. The maximum atomic E-state index is 11.8. The number of nitrogens with zero attached hydrogens (tertiary/aromatic N) is 6. The summed E-state index contributed by atoms with van der Waals surface area (Å²) in [6.07, 6.45) is 3.74. The monoisotopic (exact) mass is 546 g/mol. The van der Waals surface area contributed by atoms with E-state index in [2.05, 4.69) is 40.5 Å². The van der Waals surface area contributed by atoms with Crippen LogP contribution in [-0.4, -0.2) is 59.5 Å². The van der Waals surface area contributed by atoms with Gasteiger partial charge in [0.15, 0.2) is 0 Å². The molecule has 1 fully saturated rings. The van der Waals surface area contributed by atoms with Crippen LogP contribution in [0.2, 0.25) is 0 Å². The van der Waals surface area contributed by atoms with Gasteiger partial charge < -0.3 is 14.8 Å². The summed E-state index contributed by atoms with van der Waals surface area (Å²) in [7, 11) is -5.32. The van der Waals surface area contributed by atoms with Crippen LogP contribution in [0.15, 0.2) is 28.4 Å². The number of benzene rings is 1. The summed E-state index contributed by atoms with van der Waals surface area (Å²) in [5.41, 5.74) is 1.77. The summed E-state index contributed by atoms with van der Waals surface area (Å²) in [6.45, 7) is 2.41. The average molecular weight is 547 g/mol. The van der Waals surface area contributed by atoms with E-state index >= 15 is 0 Å². The second kappa shape index (κ2) is 12.7. The Morgan fingerprint density at radius 3 is 2.51 bits per heavy atom. The standard InChI is InChI=1S/C17H22N8O2S2.CH4O4S/c1-24-17(28-16(22-24)19-9-5-8-18)21-20-14-7-6-13(25-10-3-4-11-25)12-15(14)23-29(2,26)27;1-5-6(2,3)4/h6-7,12H,3-5,9-11H2,1-2H3,(H,19,22);1H3,(H,2,3,4). The van der Waals surface area contributed by atoms with E-state index in [0.29, 0.717) is 34.6 Å². The Kier molecular flexibility index (Phi) is 10.3. The molecule has 2 N–H and O–H groups in total. The first-order chi connectivity index (χ1) is 16.4. The Labute approximate surface area is 208 Å². The number of hydrogen-bond acceptors (Lipinski definition) is 13. The van der Waals surface area contributed by atoms with E-state index in [1.165, 1.54) is 11.3 Å². The molecule has 0 spiro atoms.